The van der Waals surface area contributed by atoms with E-state index in [-0.39, 0.29) is 36.8 Å². The van der Waals surface area contributed by atoms with Crippen molar-refractivity contribution in [3.8, 4) is 0 Å². The first-order valence-corrected chi connectivity index (χ1v) is 9.03. The van der Waals surface area contributed by atoms with Crippen LogP contribution in [0.2, 0.25) is 0 Å². The highest BCUT2D eigenvalue weighted by Crippen LogP contribution is 2.21. The van der Waals surface area contributed by atoms with Crippen LogP contribution in [0.4, 0.5) is 0 Å². The second-order valence-electron chi connectivity index (χ2n) is 7.05. The molecule has 2 aliphatic rings. The van der Waals surface area contributed by atoms with E-state index in [4.69, 9.17) is 0 Å². The van der Waals surface area contributed by atoms with Gasteiger partial charge >= 0.3 is 0 Å². The molecule has 0 bridgehead atoms. The Morgan fingerprint density at radius 1 is 1.20 bits per heavy atom. The maximum absolute atomic E-state index is 12.8. The van der Waals surface area contributed by atoms with Crippen LogP contribution in [0.3, 0.4) is 0 Å². The lowest BCUT2D eigenvalue weighted by Crippen LogP contribution is -2.55. The first-order chi connectivity index (χ1) is 11.2. The minimum atomic E-state index is 0. The predicted octanol–water partition coefficient (Wildman–Crippen LogP) is 3.00. The average Bonchev–Trinajstić information content (AvgIpc) is 2.58. The van der Waals surface area contributed by atoms with Crippen LogP contribution < -0.4 is 10.6 Å². The van der Waals surface area contributed by atoms with Gasteiger partial charge in [-0.25, -0.2) is 0 Å². The third kappa shape index (κ3) is 6.14. The van der Waals surface area contributed by atoms with Gasteiger partial charge < -0.3 is 10.6 Å². The van der Waals surface area contributed by atoms with E-state index < -0.39 is 0 Å². The summed E-state index contributed by atoms with van der Waals surface area (Å²) in [6.45, 7) is 6.13. The summed E-state index contributed by atoms with van der Waals surface area (Å²) in [5, 5.41) is 6.73. The van der Waals surface area contributed by atoms with Crippen molar-refractivity contribution in [2.24, 2.45) is 5.92 Å². The van der Waals surface area contributed by atoms with Gasteiger partial charge in [0.1, 0.15) is 0 Å². The highest BCUT2D eigenvalue weighted by atomic mass is 35.5. The number of hydrogen-bond donors (Lipinski definition) is 2. The molecule has 0 aromatic heterocycles. The third-order valence-electron chi connectivity index (χ3n) is 5.26. The molecule has 2 aliphatic heterocycles. The van der Waals surface area contributed by atoms with E-state index in [0.717, 1.165) is 45.4 Å². The van der Waals surface area contributed by atoms with Gasteiger partial charge in [0.15, 0.2) is 0 Å². The zero-order valence-corrected chi connectivity index (χ0v) is 16.6. The highest BCUT2D eigenvalue weighted by molar-refractivity contribution is 5.85. The Kier molecular flexibility index (Phi) is 9.80. The number of nitrogens with one attached hydrogen (secondary N) is 2. The number of rotatable bonds is 4. The van der Waals surface area contributed by atoms with Crippen molar-refractivity contribution in [2.45, 2.75) is 51.2 Å². The monoisotopic (exact) mass is 387 g/mol. The molecule has 2 saturated heterocycles. The molecule has 2 fully saturated rings. The minimum absolute atomic E-state index is 0. The van der Waals surface area contributed by atoms with Gasteiger partial charge in [0.05, 0.1) is 6.04 Å². The Hall–Kier alpha value is -0.810. The Morgan fingerprint density at radius 3 is 2.68 bits per heavy atom. The Labute approximate surface area is 163 Å². The summed E-state index contributed by atoms with van der Waals surface area (Å²) in [5.74, 6) is 0.748. The van der Waals surface area contributed by atoms with E-state index in [1.165, 1.54) is 12.0 Å². The topological polar surface area (TPSA) is 44.4 Å². The SMILES string of the molecule is CC1CNCCC1NC(=O)C1CCCCN1Cc1ccccc1.Cl.Cl. The van der Waals surface area contributed by atoms with Crippen LogP contribution >= 0.6 is 24.8 Å². The van der Waals surface area contributed by atoms with Gasteiger partial charge in [-0.1, -0.05) is 43.7 Å². The van der Waals surface area contributed by atoms with Crippen LogP contribution in [0.1, 0.15) is 38.2 Å². The van der Waals surface area contributed by atoms with E-state index >= 15 is 0 Å². The van der Waals surface area contributed by atoms with E-state index in [9.17, 15) is 4.79 Å². The van der Waals surface area contributed by atoms with E-state index in [0.29, 0.717) is 12.0 Å². The van der Waals surface area contributed by atoms with Gasteiger partial charge in [-0.3, -0.25) is 9.69 Å². The summed E-state index contributed by atoms with van der Waals surface area (Å²) in [7, 11) is 0. The van der Waals surface area contributed by atoms with Crippen molar-refractivity contribution in [1.29, 1.82) is 0 Å². The molecule has 0 radical (unpaired) electrons. The number of carbonyl (C=O) groups excluding carboxylic acids is 1. The number of nitrogens with zero attached hydrogens (tertiary/aromatic N) is 1. The number of benzene rings is 1. The second kappa shape index (κ2) is 11.0. The molecule has 4 nitrogen and oxygen atoms in total. The van der Waals surface area contributed by atoms with E-state index in [2.05, 4.69) is 46.7 Å². The highest BCUT2D eigenvalue weighted by Gasteiger charge is 2.31. The zero-order chi connectivity index (χ0) is 16.1. The molecule has 2 N–H and O–H groups in total. The van der Waals surface area contributed by atoms with Crippen LogP contribution in [-0.2, 0) is 11.3 Å². The van der Waals surface area contributed by atoms with Crippen molar-refractivity contribution in [3.05, 3.63) is 35.9 Å². The average molecular weight is 388 g/mol. The molecular weight excluding hydrogens is 357 g/mol. The molecule has 6 heteroatoms. The summed E-state index contributed by atoms with van der Waals surface area (Å²) >= 11 is 0. The lowest BCUT2D eigenvalue weighted by atomic mass is 9.94. The van der Waals surface area contributed by atoms with Crippen LogP contribution in [0.25, 0.3) is 0 Å². The predicted molar refractivity (Wildman–Crippen MR) is 108 cm³/mol. The Bertz CT molecular complexity index is 515. The van der Waals surface area contributed by atoms with Gasteiger partial charge in [0.2, 0.25) is 5.91 Å². The van der Waals surface area contributed by atoms with Gasteiger partial charge in [0, 0.05) is 12.6 Å². The van der Waals surface area contributed by atoms with Crippen LogP contribution in [0.5, 0.6) is 0 Å². The van der Waals surface area contributed by atoms with Gasteiger partial charge in [-0.15, -0.1) is 24.8 Å². The maximum Gasteiger partial charge on any atom is 0.237 e. The van der Waals surface area contributed by atoms with Gasteiger partial charge in [0.25, 0.3) is 0 Å². The standard InChI is InChI=1S/C19H29N3O.2ClH/c1-15-13-20-11-10-17(15)21-19(23)18-9-5-6-12-22(18)14-16-7-3-2-4-8-16;;/h2-4,7-8,15,17-18,20H,5-6,9-14H2,1H3,(H,21,23);2*1H. The van der Waals surface area contributed by atoms with Gasteiger partial charge in [-0.05, 0) is 50.4 Å². The first kappa shape index (κ1) is 22.2. The molecule has 3 rings (SSSR count). The van der Waals surface area contributed by atoms with Crippen LogP contribution in [-0.4, -0.2) is 42.5 Å². The molecule has 3 unspecified atom stereocenters. The van der Waals surface area contributed by atoms with Gasteiger partial charge in [-0.2, -0.15) is 0 Å². The number of likely N-dealkylation sites (tertiary alicyclic amines) is 1. The Balaban J connectivity index is 0.00000156. The molecule has 1 amide bonds. The van der Waals surface area contributed by atoms with Crippen LogP contribution in [0.15, 0.2) is 30.3 Å². The number of amides is 1. The summed E-state index contributed by atoms with van der Waals surface area (Å²) in [4.78, 5) is 15.2. The molecule has 2 heterocycles. The van der Waals surface area contributed by atoms with Crippen molar-refractivity contribution in [1.82, 2.24) is 15.5 Å². The first-order valence-electron chi connectivity index (χ1n) is 9.03. The molecule has 0 aliphatic carbocycles. The molecule has 25 heavy (non-hydrogen) atoms. The molecule has 1 aromatic carbocycles. The second-order valence-corrected chi connectivity index (χ2v) is 7.05. The summed E-state index contributed by atoms with van der Waals surface area (Å²) in [6.07, 6.45) is 4.38. The minimum Gasteiger partial charge on any atom is -0.352 e. The third-order valence-corrected chi connectivity index (χ3v) is 5.26. The summed E-state index contributed by atoms with van der Waals surface area (Å²) < 4.78 is 0. The maximum atomic E-state index is 12.8. The molecule has 0 saturated carbocycles. The quantitative estimate of drug-likeness (QED) is 0.834. The molecule has 1 aromatic rings. The van der Waals surface area contributed by atoms with Crippen molar-refractivity contribution < 1.29 is 4.79 Å². The molecule has 3 atom stereocenters. The fraction of sp³-hybridized carbons (Fsp3) is 0.632. The zero-order valence-electron chi connectivity index (χ0n) is 14.9. The smallest absolute Gasteiger partial charge is 0.237 e. The normalized spacial score (nSPS) is 26.8. The van der Waals surface area contributed by atoms with Crippen LogP contribution in [0, 0.1) is 5.92 Å². The number of hydrogen-bond acceptors (Lipinski definition) is 3. The fourth-order valence-corrected chi connectivity index (χ4v) is 3.80. The van der Waals surface area contributed by atoms with E-state index in [1.54, 1.807) is 0 Å². The largest absolute Gasteiger partial charge is 0.352 e. The van der Waals surface area contributed by atoms with Crippen molar-refractivity contribution in [3.63, 3.8) is 0 Å². The lowest BCUT2D eigenvalue weighted by molar-refractivity contribution is -0.129. The number of carbonyl (C=O) groups is 1. The molecule has 0 spiro atoms. The molecular formula is C19H31Cl2N3O. The Morgan fingerprint density at radius 2 is 1.96 bits per heavy atom. The summed E-state index contributed by atoms with van der Waals surface area (Å²) in [5.41, 5.74) is 1.29. The van der Waals surface area contributed by atoms with E-state index in [1.807, 2.05) is 6.07 Å². The number of piperidine rings is 2. The fourth-order valence-electron chi connectivity index (χ4n) is 3.80. The summed E-state index contributed by atoms with van der Waals surface area (Å²) in [6, 6.07) is 10.9. The molecule has 142 valence electrons. The van der Waals surface area contributed by atoms with Crippen molar-refractivity contribution in [2.75, 3.05) is 19.6 Å². The number of halogens is 2. The lowest BCUT2D eigenvalue weighted by Gasteiger charge is -2.37. The van der Waals surface area contributed by atoms with Crippen molar-refractivity contribution >= 4 is 30.7 Å².